The third-order valence-corrected chi connectivity index (χ3v) is 4.72. The van der Waals surface area contributed by atoms with Crippen molar-refractivity contribution in [2.45, 2.75) is 13.1 Å². The minimum Gasteiger partial charge on any atom is -0.495 e. The Bertz CT molecular complexity index is 846. The first-order chi connectivity index (χ1) is 13.2. The average Bonchev–Trinajstić information content (AvgIpc) is 2.70. The molecule has 0 unspecified atom stereocenters. The molecule has 0 atom stereocenters. The first kappa shape index (κ1) is 19.2. The van der Waals surface area contributed by atoms with Gasteiger partial charge in [0.25, 0.3) is 0 Å². The second-order valence-electron chi connectivity index (χ2n) is 6.10. The highest BCUT2D eigenvalue weighted by atomic mass is 35.5. The Morgan fingerprint density at radius 1 is 0.926 bits per heavy atom. The van der Waals surface area contributed by atoms with E-state index in [1.54, 1.807) is 13.2 Å². The SMILES string of the molecule is COc1cc(Cl)ccc1NC(=S)N(Cc1ccccc1)Cc1ccccc1. The number of halogens is 1. The van der Waals surface area contributed by atoms with Gasteiger partial charge in [-0.25, -0.2) is 0 Å². The van der Waals surface area contributed by atoms with Crippen LogP contribution in [0, 0.1) is 0 Å². The molecule has 27 heavy (non-hydrogen) atoms. The standard InChI is InChI=1S/C22H21ClN2OS/c1-26-21-14-19(23)12-13-20(21)24-22(27)25(15-17-8-4-2-5-9-17)16-18-10-6-3-7-11-18/h2-14H,15-16H2,1H3,(H,24,27). The van der Waals surface area contributed by atoms with Gasteiger partial charge in [-0.05, 0) is 35.5 Å². The minimum absolute atomic E-state index is 0.619. The summed E-state index contributed by atoms with van der Waals surface area (Å²) in [5.41, 5.74) is 3.18. The van der Waals surface area contributed by atoms with Crippen molar-refractivity contribution in [1.29, 1.82) is 0 Å². The molecule has 0 saturated carbocycles. The monoisotopic (exact) mass is 396 g/mol. The molecular weight excluding hydrogens is 376 g/mol. The van der Waals surface area contributed by atoms with E-state index < -0.39 is 0 Å². The highest BCUT2D eigenvalue weighted by Crippen LogP contribution is 2.28. The summed E-state index contributed by atoms with van der Waals surface area (Å²) in [6.07, 6.45) is 0. The van der Waals surface area contributed by atoms with Crippen LogP contribution in [-0.2, 0) is 13.1 Å². The van der Waals surface area contributed by atoms with Crippen LogP contribution in [0.5, 0.6) is 5.75 Å². The lowest BCUT2D eigenvalue weighted by atomic mass is 10.2. The van der Waals surface area contributed by atoms with E-state index >= 15 is 0 Å². The number of methoxy groups -OCH3 is 1. The van der Waals surface area contributed by atoms with Gasteiger partial charge in [-0.3, -0.25) is 0 Å². The van der Waals surface area contributed by atoms with E-state index in [-0.39, 0.29) is 0 Å². The lowest BCUT2D eigenvalue weighted by molar-refractivity contribution is 0.409. The minimum atomic E-state index is 0.619. The van der Waals surface area contributed by atoms with Crippen molar-refractivity contribution in [3.63, 3.8) is 0 Å². The second kappa shape index (κ2) is 9.40. The Morgan fingerprint density at radius 3 is 2.00 bits per heavy atom. The zero-order chi connectivity index (χ0) is 19.1. The fraction of sp³-hybridized carbons (Fsp3) is 0.136. The van der Waals surface area contributed by atoms with Gasteiger partial charge in [0.2, 0.25) is 0 Å². The van der Waals surface area contributed by atoms with Gasteiger partial charge < -0.3 is 15.0 Å². The highest BCUT2D eigenvalue weighted by molar-refractivity contribution is 7.80. The summed E-state index contributed by atoms with van der Waals surface area (Å²) in [5, 5.41) is 4.55. The fourth-order valence-electron chi connectivity index (χ4n) is 2.77. The van der Waals surface area contributed by atoms with Crippen LogP contribution in [0.1, 0.15) is 11.1 Å². The topological polar surface area (TPSA) is 24.5 Å². The van der Waals surface area contributed by atoms with Crippen molar-refractivity contribution >= 4 is 34.6 Å². The third kappa shape index (κ3) is 5.46. The van der Waals surface area contributed by atoms with Crippen molar-refractivity contribution < 1.29 is 4.74 Å². The van der Waals surface area contributed by atoms with Crippen molar-refractivity contribution in [3.05, 3.63) is 95.0 Å². The molecule has 3 rings (SSSR count). The Balaban J connectivity index is 1.81. The van der Waals surface area contributed by atoms with E-state index in [0.717, 1.165) is 5.69 Å². The number of nitrogens with one attached hydrogen (secondary N) is 1. The molecule has 0 saturated heterocycles. The maximum Gasteiger partial charge on any atom is 0.174 e. The summed E-state index contributed by atoms with van der Waals surface area (Å²) >= 11 is 11.8. The quantitative estimate of drug-likeness (QED) is 0.536. The summed E-state index contributed by atoms with van der Waals surface area (Å²) < 4.78 is 5.42. The zero-order valence-corrected chi connectivity index (χ0v) is 16.6. The fourth-order valence-corrected chi connectivity index (χ4v) is 3.17. The van der Waals surface area contributed by atoms with Crippen molar-refractivity contribution in [2.24, 2.45) is 0 Å². The highest BCUT2D eigenvalue weighted by Gasteiger charge is 2.14. The lowest BCUT2D eigenvalue weighted by Gasteiger charge is -2.27. The van der Waals surface area contributed by atoms with Gasteiger partial charge in [0.1, 0.15) is 5.75 Å². The number of anilines is 1. The van der Waals surface area contributed by atoms with Gasteiger partial charge in [0.05, 0.1) is 12.8 Å². The van der Waals surface area contributed by atoms with Crippen LogP contribution in [0.4, 0.5) is 5.69 Å². The molecule has 138 valence electrons. The van der Waals surface area contributed by atoms with Gasteiger partial charge in [-0.2, -0.15) is 0 Å². The molecule has 0 aliphatic rings. The molecule has 1 N–H and O–H groups in total. The normalized spacial score (nSPS) is 10.3. The van der Waals surface area contributed by atoms with E-state index in [1.807, 2.05) is 48.5 Å². The Kier molecular flexibility index (Phi) is 6.69. The predicted molar refractivity (Wildman–Crippen MR) is 116 cm³/mol. The zero-order valence-electron chi connectivity index (χ0n) is 15.1. The summed E-state index contributed by atoms with van der Waals surface area (Å²) in [6.45, 7) is 1.41. The number of nitrogens with zero attached hydrogens (tertiary/aromatic N) is 1. The molecule has 0 radical (unpaired) electrons. The van der Waals surface area contributed by atoms with Crippen molar-refractivity contribution in [1.82, 2.24) is 4.90 Å². The number of hydrogen-bond acceptors (Lipinski definition) is 2. The molecule has 0 heterocycles. The molecule has 0 bridgehead atoms. The largest absolute Gasteiger partial charge is 0.495 e. The van der Waals surface area contributed by atoms with Gasteiger partial charge in [0, 0.05) is 24.2 Å². The molecule has 0 aliphatic heterocycles. The average molecular weight is 397 g/mol. The molecule has 3 aromatic rings. The van der Waals surface area contributed by atoms with Gasteiger partial charge in [-0.15, -0.1) is 0 Å². The van der Waals surface area contributed by atoms with Crippen LogP contribution in [-0.4, -0.2) is 17.1 Å². The van der Waals surface area contributed by atoms with Crippen LogP contribution >= 0.6 is 23.8 Å². The van der Waals surface area contributed by atoms with E-state index in [0.29, 0.717) is 29.0 Å². The molecule has 0 fully saturated rings. The van der Waals surface area contributed by atoms with Crippen molar-refractivity contribution in [2.75, 3.05) is 12.4 Å². The third-order valence-electron chi connectivity index (χ3n) is 4.12. The van der Waals surface area contributed by atoms with Gasteiger partial charge in [-0.1, -0.05) is 72.3 Å². The number of hydrogen-bond donors (Lipinski definition) is 1. The number of benzene rings is 3. The van der Waals surface area contributed by atoms with Crippen LogP contribution in [0.25, 0.3) is 0 Å². The molecular formula is C22H21ClN2OS. The molecule has 3 nitrogen and oxygen atoms in total. The Labute approximate surface area is 170 Å². The summed E-state index contributed by atoms with van der Waals surface area (Å²) in [4.78, 5) is 2.13. The van der Waals surface area contributed by atoms with E-state index in [9.17, 15) is 0 Å². The Hall–Kier alpha value is -2.56. The van der Waals surface area contributed by atoms with E-state index in [2.05, 4.69) is 34.5 Å². The van der Waals surface area contributed by atoms with Gasteiger partial charge in [0.15, 0.2) is 5.11 Å². The molecule has 0 amide bonds. The number of thiocarbonyl (C=S) groups is 1. The first-order valence-corrected chi connectivity index (χ1v) is 9.41. The summed E-state index contributed by atoms with van der Waals surface area (Å²) in [7, 11) is 1.62. The maximum atomic E-state index is 6.06. The van der Waals surface area contributed by atoms with Crippen LogP contribution in [0.2, 0.25) is 5.02 Å². The van der Waals surface area contributed by atoms with Crippen LogP contribution in [0.15, 0.2) is 78.9 Å². The molecule has 3 aromatic carbocycles. The first-order valence-electron chi connectivity index (χ1n) is 8.63. The summed E-state index contributed by atoms with van der Waals surface area (Å²) in [5.74, 6) is 0.657. The molecule has 0 aliphatic carbocycles. The van der Waals surface area contributed by atoms with E-state index in [4.69, 9.17) is 28.6 Å². The Morgan fingerprint density at radius 2 is 1.48 bits per heavy atom. The maximum absolute atomic E-state index is 6.06. The lowest BCUT2D eigenvalue weighted by Crippen LogP contribution is -2.33. The van der Waals surface area contributed by atoms with Crippen LogP contribution in [0.3, 0.4) is 0 Å². The smallest absolute Gasteiger partial charge is 0.174 e. The molecule has 5 heteroatoms. The second-order valence-corrected chi connectivity index (χ2v) is 6.93. The molecule has 0 spiro atoms. The van der Waals surface area contributed by atoms with E-state index in [1.165, 1.54) is 11.1 Å². The van der Waals surface area contributed by atoms with Gasteiger partial charge >= 0.3 is 0 Å². The van der Waals surface area contributed by atoms with Crippen LogP contribution < -0.4 is 10.1 Å². The molecule has 0 aromatic heterocycles. The summed E-state index contributed by atoms with van der Waals surface area (Å²) in [6, 6.07) is 26.0. The predicted octanol–water partition coefficient (Wildman–Crippen LogP) is 5.75. The van der Waals surface area contributed by atoms with Crippen molar-refractivity contribution in [3.8, 4) is 5.75 Å². The number of ether oxygens (including phenoxy) is 1. The number of rotatable bonds is 6.